The van der Waals surface area contributed by atoms with Gasteiger partial charge in [-0.25, -0.2) is 0 Å². The average molecular weight is 339 g/mol. The molecule has 0 spiro atoms. The third-order valence-corrected chi connectivity index (χ3v) is 4.15. The number of halogens is 2. The predicted octanol–water partition coefficient (Wildman–Crippen LogP) is 2.77. The van der Waals surface area contributed by atoms with Crippen molar-refractivity contribution in [1.29, 1.82) is 0 Å². The zero-order valence-corrected chi connectivity index (χ0v) is 13.4. The first-order valence-corrected chi connectivity index (χ1v) is 7.82. The molecule has 0 amide bonds. The minimum atomic E-state index is 0.372. The molecule has 0 atom stereocenters. The van der Waals surface area contributed by atoms with E-state index in [1.54, 1.807) is 24.5 Å². The lowest BCUT2D eigenvalue weighted by Gasteiger charge is -2.28. The van der Waals surface area contributed by atoms with Crippen LogP contribution in [-0.2, 0) is 6.61 Å². The number of benzene rings is 1. The predicted molar refractivity (Wildman–Crippen MR) is 87.9 cm³/mol. The highest BCUT2D eigenvalue weighted by atomic mass is 35.5. The van der Waals surface area contributed by atoms with E-state index in [-0.39, 0.29) is 0 Å². The van der Waals surface area contributed by atoms with Gasteiger partial charge in [-0.05, 0) is 17.7 Å². The van der Waals surface area contributed by atoms with Gasteiger partial charge < -0.3 is 15.0 Å². The van der Waals surface area contributed by atoms with Crippen LogP contribution < -0.4 is 15.0 Å². The highest BCUT2D eigenvalue weighted by Crippen LogP contribution is 2.23. The van der Waals surface area contributed by atoms with Crippen LogP contribution in [0.25, 0.3) is 0 Å². The van der Waals surface area contributed by atoms with Crippen molar-refractivity contribution >= 4 is 29.0 Å². The molecule has 3 rings (SSSR count). The molecule has 0 aliphatic carbocycles. The quantitative estimate of drug-likeness (QED) is 0.928. The third kappa shape index (κ3) is 3.80. The Bertz CT molecular complexity index is 647. The molecular weight excluding hydrogens is 323 g/mol. The molecule has 0 bridgehead atoms. The maximum atomic E-state index is 5.99. The summed E-state index contributed by atoms with van der Waals surface area (Å²) in [6.45, 7) is 4.12. The normalized spacial score (nSPS) is 14.9. The summed E-state index contributed by atoms with van der Waals surface area (Å²) in [5.74, 6) is 1.34. The summed E-state index contributed by atoms with van der Waals surface area (Å²) in [7, 11) is 0. The molecule has 2 heterocycles. The van der Waals surface area contributed by atoms with Gasteiger partial charge in [0.15, 0.2) is 5.82 Å². The number of ether oxygens (including phenoxy) is 1. The molecule has 1 aliphatic heterocycles. The number of aromatic nitrogens is 2. The Hall–Kier alpha value is -1.56. The van der Waals surface area contributed by atoms with Crippen molar-refractivity contribution in [2.75, 3.05) is 31.1 Å². The maximum Gasteiger partial charge on any atom is 0.234 e. The summed E-state index contributed by atoms with van der Waals surface area (Å²) in [5.41, 5.74) is 0.934. The molecule has 1 fully saturated rings. The lowest BCUT2D eigenvalue weighted by atomic mass is 10.2. The first kappa shape index (κ1) is 15.3. The van der Waals surface area contributed by atoms with Crippen molar-refractivity contribution in [2.45, 2.75) is 6.61 Å². The Kier molecular flexibility index (Phi) is 4.97. The fourth-order valence-corrected chi connectivity index (χ4v) is 2.56. The molecule has 7 heteroatoms. The largest absolute Gasteiger partial charge is 0.472 e. The van der Waals surface area contributed by atoms with Gasteiger partial charge in [-0.3, -0.25) is 4.98 Å². The van der Waals surface area contributed by atoms with Gasteiger partial charge in [-0.2, -0.15) is 4.98 Å². The van der Waals surface area contributed by atoms with E-state index in [2.05, 4.69) is 20.2 Å². The van der Waals surface area contributed by atoms with E-state index in [0.717, 1.165) is 37.6 Å². The third-order valence-electron chi connectivity index (χ3n) is 3.41. The second kappa shape index (κ2) is 7.13. The van der Waals surface area contributed by atoms with E-state index >= 15 is 0 Å². The Balaban J connectivity index is 1.66. The van der Waals surface area contributed by atoms with Gasteiger partial charge in [0.2, 0.25) is 5.88 Å². The summed E-state index contributed by atoms with van der Waals surface area (Å²) >= 11 is 11.9. The van der Waals surface area contributed by atoms with Crippen molar-refractivity contribution in [3.63, 3.8) is 0 Å². The Morgan fingerprint density at radius 2 is 1.95 bits per heavy atom. The molecule has 1 aromatic heterocycles. The minimum absolute atomic E-state index is 0.372. The summed E-state index contributed by atoms with van der Waals surface area (Å²) in [6.07, 6.45) is 3.38. The van der Waals surface area contributed by atoms with E-state index in [1.165, 1.54) is 0 Å². The van der Waals surface area contributed by atoms with Crippen LogP contribution in [0.3, 0.4) is 0 Å². The first-order valence-electron chi connectivity index (χ1n) is 7.07. The summed E-state index contributed by atoms with van der Waals surface area (Å²) in [4.78, 5) is 10.9. The van der Waals surface area contributed by atoms with E-state index in [9.17, 15) is 0 Å². The van der Waals surface area contributed by atoms with Gasteiger partial charge in [0.05, 0.1) is 22.4 Å². The van der Waals surface area contributed by atoms with Crippen molar-refractivity contribution in [3.05, 3.63) is 46.2 Å². The molecule has 0 unspecified atom stereocenters. The van der Waals surface area contributed by atoms with E-state index < -0.39 is 0 Å². The fourth-order valence-electron chi connectivity index (χ4n) is 2.24. The number of hydrogen-bond donors (Lipinski definition) is 1. The van der Waals surface area contributed by atoms with Crippen molar-refractivity contribution < 1.29 is 4.74 Å². The summed E-state index contributed by atoms with van der Waals surface area (Å²) in [6, 6.07) is 5.42. The van der Waals surface area contributed by atoms with Crippen LogP contribution in [-0.4, -0.2) is 36.1 Å². The number of nitrogens with zero attached hydrogens (tertiary/aromatic N) is 3. The molecular formula is C15H16Cl2N4O. The van der Waals surface area contributed by atoms with E-state index in [1.807, 2.05) is 6.07 Å². The van der Waals surface area contributed by atoms with Crippen LogP contribution in [0.5, 0.6) is 5.88 Å². The summed E-state index contributed by atoms with van der Waals surface area (Å²) < 4.78 is 5.70. The van der Waals surface area contributed by atoms with Gasteiger partial charge in [0, 0.05) is 26.2 Å². The zero-order chi connectivity index (χ0) is 15.4. The highest BCUT2D eigenvalue weighted by Gasteiger charge is 2.12. The van der Waals surface area contributed by atoms with Crippen molar-refractivity contribution in [2.24, 2.45) is 0 Å². The molecule has 0 radical (unpaired) electrons. The van der Waals surface area contributed by atoms with Crippen LogP contribution in [0.1, 0.15) is 5.56 Å². The highest BCUT2D eigenvalue weighted by molar-refractivity contribution is 6.42. The molecule has 1 aromatic carbocycles. The summed E-state index contributed by atoms with van der Waals surface area (Å²) in [5, 5.41) is 4.36. The number of anilines is 1. The van der Waals surface area contributed by atoms with Crippen LogP contribution in [0, 0.1) is 0 Å². The van der Waals surface area contributed by atoms with Gasteiger partial charge >= 0.3 is 0 Å². The van der Waals surface area contributed by atoms with Crippen molar-refractivity contribution in [1.82, 2.24) is 15.3 Å². The molecule has 5 nitrogen and oxygen atoms in total. The van der Waals surface area contributed by atoms with Crippen LogP contribution >= 0.6 is 23.2 Å². The molecule has 116 valence electrons. The van der Waals surface area contributed by atoms with Crippen LogP contribution in [0.4, 0.5) is 5.82 Å². The van der Waals surface area contributed by atoms with Gasteiger partial charge in [0.1, 0.15) is 6.61 Å². The van der Waals surface area contributed by atoms with Gasteiger partial charge in [-0.15, -0.1) is 0 Å². The van der Waals surface area contributed by atoms with E-state index in [4.69, 9.17) is 27.9 Å². The van der Waals surface area contributed by atoms with E-state index in [0.29, 0.717) is 22.5 Å². The standard InChI is InChI=1S/C15H16Cl2N4O/c16-12-2-1-11(7-13(12)17)10-22-15-9-19-8-14(20-15)21-5-3-18-4-6-21/h1-2,7-9,18H,3-6,10H2. The molecule has 1 aliphatic rings. The van der Waals surface area contributed by atoms with Gasteiger partial charge in [-0.1, -0.05) is 29.3 Å². The molecule has 22 heavy (non-hydrogen) atoms. The Morgan fingerprint density at radius 1 is 1.14 bits per heavy atom. The Labute approximate surface area is 139 Å². The second-order valence-corrected chi connectivity index (χ2v) is 5.80. The fraction of sp³-hybridized carbons (Fsp3) is 0.333. The topological polar surface area (TPSA) is 50.3 Å². The number of hydrogen-bond acceptors (Lipinski definition) is 5. The minimum Gasteiger partial charge on any atom is -0.472 e. The monoisotopic (exact) mass is 338 g/mol. The lowest BCUT2D eigenvalue weighted by Crippen LogP contribution is -2.43. The molecule has 1 saturated heterocycles. The Morgan fingerprint density at radius 3 is 2.73 bits per heavy atom. The van der Waals surface area contributed by atoms with Gasteiger partial charge in [0.25, 0.3) is 0 Å². The molecule has 2 aromatic rings. The zero-order valence-electron chi connectivity index (χ0n) is 11.9. The molecule has 0 saturated carbocycles. The average Bonchev–Trinajstić information content (AvgIpc) is 2.57. The van der Waals surface area contributed by atoms with Crippen LogP contribution in [0.2, 0.25) is 10.0 Å². The lowest BCUT2D eigenvalue weighted by molar-refractivity contribution is 0.292. The second-order valence-electron chi connectivity index (χ2n) is 4.99. The number of nitrogens with one attached hydrogen (secondary N) is 1. The smallest absolute Gasteiger partial charge is 0.234 e. The van der Waals surface area contributed by atoms with Crippen LogP contribution in [0.15, 0.2) is 30.6 Å². The number of rotatable bonds is 4. The van der Waals surface area contributed by atoms with Crippen molar-refractivity contribution in [3.8, 4) is 5.88 Å². The SMILES string of the molecule is Clc1ccc(COc2cncc(N3CCNCC3)n2)cc1Cl. The maximum absolute atomic E-state index is 5.99. The molecule has 1 N–H and O–H groups in total. The number of piperazine rings is 1. The first-order chi connectivity index (χ1) is 10.7.